The Balaban J connectivity index is -0.000000174. The summed E-state index contributed by atoms with van der Waals surface area (Å²) in [4.78, 5) is 62.8. The van der Waals surface area contributed by atoms with Crippen LogP contribution < -0.4 is 0 Å². The van der Waals surface area contributed by atoms with E-state index in [1.807, 2.05) is 0 Å². The quantitative estimate of drug-likeness (QED) is 0.159. The SMILES string of the molecule is CC(=O)CC(=O)O[C-](C)C.CC(=O)CC(=O)O[C-](C)C.CC(=O)CC(=O)O[C-](C)C.[Fe+3]. The van der Waals surface area contributed by atoms with Gasteiger partial charge in [0.15, 0.2) is 0 Å². The Morgan fingerprint density at radius 3 is 0.742 bits per heavy atom. The summed E-state index contributed by atoms with van der Waals surface area (Å²) in [5.41, 5.74) is 0. The number of esters is 3. The minimum atomic E-state index is -0.479. The molecule has 1 radical (unpaired) electrons. The first kappa shape index (κ1) is 36.3. The van der Waals surface area contributed by atoms with Crippen LogP contribution in [0.3, 0.4) is 0 Å². The zero-order valence-electron chi connectivity index (χ0n) is 19.6. The van der Waals surface area contributed by atoms with Crippen molar-refractivity contribution in [1.29, 1.82) is 0 Å². The van der Waals surface area contributed by atoms with E-state index in [0.717, 1.165) is 0 Å². The molecule has 0 aliphatic carbocycles. The third-order valence-electron chi connectivity index (χ3n) is 2.13. The van der Waals surface area contributed by atoms with Crippen LogP contribution in [0.5, 0.6) is 0 Å². The first-order valence-corrected chi connectivity index (χ1v) is 9.07. The summed E-state index contributed by atoms with van der Waals surface area (Å²) in [6.45, 7) is 14.0. The summed E-state index contributed by atoms with van der Waals surface area (Å²) in [6, 6.07) is 0. The summed E-state index contributed by atoms with van der Waals surface area (Å²) in [6.07, 6.45) is 1.28. The summed E-state index contributed by atoms with van der Waals surface area (Å²) < 4.78 is 13.9. The summed E-state index contributed by atoms with van der Waals surface area (Å²) >= 11 is 0. The molecule has 0 aromatic heterocycles. The summed E-state index contributed by atoms with van der Waals surface area (Å²) in [7, 11) is 0. The van der Waals surface area contributed by atoms with Crippen molar-refractivity contribution in [3.63, 3.8) is 0 Å². The van der Waals surface area contributed by atoms with Crippen molar-refractivity contribution < 1.29 is 60.0 Å². The molecule has 0 aliphatic rings. The van der Waals surface area contributed by atoms with Crippen LogP contribution in [0.1, 0.15) is 81.6 Å². The van der Waals surface area contributed by atoms with Gasteiger partial charge in [-0.05, 0) is 20.8 Å². The van der Waals surface area contributed by atoms with Crippen molar-refractivity contribution in [3.05, 3.63) is 18.3 Å². The number of hydrogen-bond acceptors (Lipinski definition) is 9. The average Bonchev–Trinajstić information content (AvgIpc) is 2.42. The summed E-state index contributed by atoms with van der Waals surface area (Å²) in [5.74, 6) is -1.96. The molecule has 0 unspecified atom stereocenters. The molecule has 0 fully saturated rings. The molecule has 0 spiro atoms. The molecule has 0 N–H and O–H groups in total. The molecule has 0 atom stereocenters. The molecule has 0 aromatic rings. The molecular weight excluding hydrogens is 452 g/mol. The number of carbonyl (C=O) groups is 6. The van der Waals surface area contributed by atoms with Crippen molar-refractivity contribution in [3.8, 4) is 0 Å². The fourth-order valence-corrected chi connectivity index (χ4v) is 1.40. The van der Waals surface area contributed by atoms with Crippen molar-refractivity contribution >= 4 is 35.3 Å². The largest absolute Gasteiger partial charge is 3.00 e. The van der Waals surface area contributed by atoms with Gasteiger partial charge >= 0.3 is 17.1 Å². The van der Waals surface area contributed by atoms with E-state index < -0.39 is 17.9 Å². The first-order valence-electron chi connectivity index (χ1n) is 9.07. The van der Waals surface area contributed by atoms with Gasteiger partial charge in [-0.25, -0.2) is 0 Å². The topological polar surface area (TPSA) is 130 Å². The van der Waals surface area contributed by atoms with Gasteiger partial charge in [0.25, 0.3) is 17.9 Å². The Morgan fingerprint density at radius 1 is 0.484 bits per heavy atom. The minimum Gasteiger partial charge on any atom is -0.634 e. The molecule has 0 aromatic carbocycles. The maximum absolute atomic E-state index is 10.6. The molecule has 0 rings (SSSR count). The molecular formula is C21H33FeO9. The van der Waals surface area contributed by atoms with Crippen LogP contribution in [0.2, 0.25) is 0 Å². The maximum atomic E-state index is 10.6. The van der Waals surface area contributed by atoms with E-state index in [2.05, 4.69) is 14.2 Å². The van der Waals surface area contributed by atoms with Gasteiger partial charge in [0, 0.05) is 0 Å². The molecule has 0 saturated heterocycles. The second-order valence-corrected chi connectivity index (χ2v) is 6.78. The van der Waals surface area contributed by atoms with Gasteiger partial charge in [-0.2, -0.15) is 41.5 Å². The molecule has 9 nitrogen and oxygen atoms in total. The molecule has 10 heteroatoms. The Labute approximate surface area is 195 Å². The van der Waals surface area contributed by atoms with Crippen LogP contribution in [0.15, 0.2) is 0 Å². The molecule has 0 amide bonds. The molecule has 31 heavy (non-hydrogen) atoms. The van der Waals surface area contributed by atoms with Crippen molar-refractivity contribution in [2.75, 3.05) is 0 Å². The Morgan fingerprint density at radius 2 is 0.645 bits per heavy atom. The smallest absolute Gasteiger partial charge is 0.634 e. The van der Waals surface area contributed by atoms with Gasteiger partial charge in [-0.3, -0.25) is 28.8 Å². The fraction of sp³-hybridized carbons (Fsp3) is 0.571. The van der Waals surface area contributed by atoms with Crippen LogP contribution in [-0.2, 0) is 60.0 Å². The second kappa shape index (κ2) is 21.2. The Kier molecular flexibility index (Phi) is 24.8. The van der Waals surface area contributed by atoms with Gasteiger partial charge in [-0.15, -0.1) is 18.3 Å². The number of ketones is 3. The van der Waals surface area contributed by atoms with E-state index in [-0.39, 0.29) is 53.7 Å². The number of ether oxygens (including phenoxy) is 3. The van der Waals surface area contributed by atoms with Gasteiger partial charge < -0.3 is 14.2 Å². The first-order chi connectivity index (χ1) is 13.6. The van der Waals surface area contributed by atoms with Crippen LogP contribution in [-0.4, -0.2) is 35.3 Å². The maximum Gasteiger partial charge on any atom is 3.00 e. The molecule has 179 valence electrons. The van der Waals surface area contributed by atoms with Gasteiger partial charge in [-0.1, -0.05) is 0 Å². The van der Waals surface area contributed by atoms with Crippen molar-refractivity contribution in [2.45, 2.75) is 81.6 Å². The van der Waals surface area contributed by atoms with Gasteiger partial charge in [0.05, 0.1) is 0 Å². The predicted molar refractivity (Wildman–Crippen MR) is 108 cm³/mol. The minimum absolute atomic E-state index is 0. The van der Waals surface area contributed by atoms with E-state index in [1.165, 1.54) is 20.8 Å². The van der Waals surface area contributed by atoms with E-state index in [1.54, 1.807) is 41.5 Å². The van der Waals surface area contributed by atoms with E-state index in [4.69, 9.17) is 0 Å². The second-order valence-electron chi connectivity index (χ2n) is 6.78. The van der Waals surface area contributed by atoms with Crippen molar-refractivity contribution in [2.24, 2.45) is 0 Å². The average molecular weight is 485 g/mol. The number of Topliss-reactive ketones (excluding diaryl/α,β-unsaturated/α-hetero) is 3. The predicted octanol–water partition coefficient (Wildman–Crippen LogP) is 3.24. The van der Waals surface area contributed by atoms with Gasteiger partial charge in [0.2, 0.25) is 0 Å². The summed E-state index contributed by atoms with van der Waals surface area (Å²) in [5, 5.41) is 0. The zero-order chi connectivity index (χ0) is 24.4. The third-order valence-corrected chi connectivity index (χ3v) is 2.13. The number of rotatable bonds is 9. The van der Waals surface area contributed by atoms with Gasteiger partial charge in [0.1, 0.15) is 36.6 Å². The van der Waals surface area contributed by atoms with Crippen LogP contribution >= 0.6 is 0 Å². The fourth-order valence-electron chi connectivity index (χ4n) is 1.40. The molecule has 0 heterocycles. The Bertz CT molecular complexity index is 501. The number of carbonyl (C=O) groups excluding carboxylic acids is 6. The molecule has 0 saturated carbocycles. The van der Waals surface area contributed by atoms with E-state index in [0.29, 0.717) is 18.3 Å². The van der Waals surface area contributed by atoms with Crippen LogP contribution in [0.4, 0.5) is 0 Å². The van der Waals surface area contributed by atoms with Crippen LogP contribution in [0, 0.1) is 18.3 Å². The monoisotopic (exact) mass is 485 g/mol. The Hall–Kier alpha value is -2.06. The van der Waals surface area contributed by atoms with Crippen LogP contribution in [0.25, 0.3) is 0 Å². The standard InChI is InChI=1S/3C7H11O3.Fe/c3*1-5(2)10-7(9)4-6(3)8;/h3*4H2,1-3H3;/q3*-1;+3. The van der Waals surface area contributed by atoms with E-state index in [9.17, 15) is 28.8 Å². The van der Waals surface area contributed by atoms with Crippen molar-refractivity contribution in [1.82, 2.24) is 0 Å². The third kappa shape index (κ3) is 39.1. The number of hydrogen-bond donors (Lipinski definition) is 0. The molecule has 0 aliphatic heterocycles. The normalized spacial score (nSPS) is 9.29. The van der Waals surface area contributed by atoms with E-state index >= 15 is 0 Å². The zero-order valence-corrected chi connectivity index (χ0v) is 20.8. The molecule has 0 bridgehead atoms.